The van der Waals surface area contributed by atoms with E-state index in [1.54, 1.807) is 0 Å². The lowest BCUT2D eigenvalue weighted by Gasteiger charge is -2.06. The molecule has 0 amide bonds. The summed E-state index contributed by atoms with van der Waals surface area (Å²) in [6, 6.07) is 0. The minimum Gasteiger partial charge on any atom is -0.367 e. The summed E-state index contributed by atoms with van der Waals surface area (Å²) in [7, 11) is 0. The fraction of sp³-hybridized carbons (Fsp3) is 0.333. The van der Waals surface area contributed by atoms with Crippen LogP contribution in [-0.2, 0) is 0 Å². The fourth-order valence-electron chi connectivity index (χ4n) is 0.867. The molecule has 3 N–H and O–H groups in total. The van der Waals surface area contributed by atoms with Crippen molar-refractivity contribution in [3.05, 3.63) is 30.3 Å². The number of rotatable bonds is 5. The highest BCUT2D eigenvalue weighted by atomic mass is 16.7. The Bertz CT molecular complexity index is 482. The Labute approximate surface area is 95.1 Å². The summed E-state index contributed by atoms with van der Waals surface area (Å²) < 4.78 is 0. The summed E-state index contributed by atoms with van der Waals surface area (Å²) in [5, 5.41) is 42.9. The lowest BCUT2D eigenvalue weighted by Crippen LogP contribution is -2.62. The Morgan fingerprint density at radius 3 is 2.06 bits per heavy atom. The first-order valence-corrected chi connectivity index (χ1v) is 3.85. The van der Waals surface area contributed by atoms with Gasteiger partial charge in [-0.05, 0) is 5.21 Å². The minimum atomic E-state index is -4.00. The lowest BCUT2D eigenvalue weighted by atomic mass is 10.3. The van der Waals surface area contributed by atoms with Crippen molar-refractivity contribution in [3.8, 4) is 0 Å². The van der Waals surface area contributed by atoms with Crippen LogP contribution in [0.4, 0.5) is 5.95 Å². The van der Waals surface area contributed by atoms with Gasteiger partial charge in [0.2, 0.25) is 0 Å². The van der Waals surface area contributed by atoms with Gasteiger partial charge < -0.3 is 5.73 Å². The summed E-state index contributed by atoms with van der Waals surface area (Å²) in [6.07, 6.45) is 0. The van der Waals surface area contributed by atoms with Crippen LogP contribution >= 0.6 is 0 Å². The van der Waals surface area contributed by atoms with E-state index in [1.807, 2.05) is 5.21 Å². The van der Waals surface area contributed by atoms with Crippen molar-refractivity contribution in [2.24, 2.45) is 10.7 Å². The number of aromatic amines is 1. The van der Waals surface area contributed by atoms with Gasteiger partial charge in [0, 0.05) is 0 Å². The smallest absolute Gasteiger partial charge is 0.367 e. The number of hydrogen-bond acceptors (Lipinski definition) is 10. The number of amidine groups is 1. The van der Waals surface area contributed by atoms with Crippen LogP contribution in [0, 0.1) is 30.3 Å². The summed E-state index contributed by atoms with van der Waals surface area (Å²) in [6.45, 7) is 0. The van der Waals surface area contributed by atoms with E-state index in [0.717, 1.165) is 0 Å². The van der Waals surface area contributed by atoms with Crippen molar-refractivity contribution in [1.29, 1.82) is 0 Å². The lowest BCUT2D eigenvalue weighted by molar-refractivity contribution is -0.945. The largest absolute Gasteiger partial charge is 0.760 e. The molecule has 0 spiro atoms. The van der Waals surface area contributed by atoms with E-state index in [1.165, 1.54) is 0 Å². The molecule has 1 aromatic rings. The molecule has 0 aromatic carbocycles. The van der Waals surface area contributed by atoms with Crippen molar-refractivity contribution >= 4 is 11.8 Å². The van der Waals surface area contributed by atoms with Gasteiger partial charge in [0.15, 0.2) is 14.8 Å². The summed E-state index contributed by atoms with van der Waals surface area (Å²) in [5.41, 5.74) is 4.95. The van der Waals surface area contributed by atoms with Gasteiger partial charge in [0.25, 0.3) is 5.95 Å². The van der Waals surface area contributed by atoms with Gasteiger partial charge in [0.05, 0.1) is 0 Å². The van der Waals surface area contributed by atoms with E-state index < -0.39 is 32.3 Å². The maximum absolute atomic E-state index is 10.6. The van der Waals surface area contributed by atoms with Gasteiger partial charge >= 0.3 is 11.6 Å². The first-order valence-electron chi connectivity index (χ1n) is 3.85. The topological polar surface area (TPSA) is 222 Å². The van der Waals surface area contributed by atoms with Gasteiger partial charge in [0.1, 0.15) is 0 Å². The van der Waals surface area contributed by atoms with Crippen LogP contribution in [0.2, 0.25) is 0 Å². The number of H-pyrrole nitrogens is 1. The third-order valence-corrected chi connectivity index (χ3v) is 1.66. The molecule has 15 nitrogen and oxygen atoms in total. The number of tetrazole rings is 1. The van der Waals surface area contributed by atoms with Crippen molar-refractivity contribution < 1.29 is 14.8 Å². The zero-order valence-electron chi connectivity index (χ0n) is 8.16. The van der Waals surface area contributed by atoms with Gasteiger partial charge in [-0.2, -0.15) is 10.2 Å². The molecule has 0 aliphatic heterocycles. The van der Waals surface area contributed by atoms with E-state index in [9.17, 15) is 30.3 Å². The van der Waals surface area contributed by atoms with E-state index in [0.29, 0.717) is 0 Å². The number of nitrogens with one attached hydrogen (secondary N) is 1. The number of aliphatic imine (C=N–C) groups is 1. The van der Waals surface area contributed by atoms with Crippen LogP contribution in [0.25, 0.3) is 0 Å². The molecule has 0 atom stereocenters. The fourth-order valence-corrected chi connectivity index (χ4v) is 0.867. The van der Waals surface area contributed by atoms with E-state index in [2.05, 4.69) is 20.4 Å². The Balaban J connectivity index is 3.40. The van der Waals surface area contributed by atoms with Crippen molar-refractivity contribution in [2.45, 2.75) is 5.79 Å². The highest BCUT2D eigenvalue weighted by Crippen LogP contribution is 2.14. The van der Waals surface area contributed by atoms with E-state index >= 15 is 0 Å². The Hall–Kier alpha value is -3.26. The Morgan fingerprint density at radius 2 is 1.72 bits per heavy atom. The molecule has 1 heterocycles. The number of aromatic nitrogens is 4. The van der Waals surface area contributed by atoms with E-state index in [-0.39, 0.29) is 0 Å². The number of nitrogens with zero attached hydrogens (tertiary/aromatic N) is 7. The standard InChI is InChI=1S/C3H3N9O6/c4-1(5-2-6-8-9-7-2)3(10(13)14,11(15)16)12(17)18/h(H3,4,5,6,7,8,9). The van der Waals surface area contributed by atoms with Gasteiger partial charge in [-0.3, -0.25) is 30.3 Å². The van der Waals surface area contributed by atoms with E-state index in [4.69, 9.17) is 5.73 Å². The Kier molecular flexibility index (Phi) is 3.07. The van der Waals surface area contributed by atoms with Crippen LogP contribution in [0.1, 0.15) is 0 Å². The Morgan fingerprint density at radius 1 is 1.22 bits per heavy atom. The molecule has 0 unspecified atom stereocenters. The second-order valence-electron chi connectivity index (χ2n) is 2.62. The first kappa shape index (κ1) is 12.8. The van der Waals surface area contributed by atoms with Gasteiger partial charge in [-0.25, -0.2) is 0 Å². The first-order chi connectivity index (χ1) is 8.33. The highest BCUT2D eigenvalue weighted by molar-refractivity contribution is 5.87. The average molecular weight is 261 g/mol. The maximum atomic E-state index is 10.6. The zero-order valence-corrected chi connectivity index (χ0v) is 8.16. The molecule has 96 valence electrons. The number of nitro groups is 3. The maximum Gasteiger partial charge on any atom is 0.760 e. The normalized spacial score (nSPS) is 12.1. The monoisotopic (exact) mass is 261 g/mol. The van der Waals surface area contributed by atoms with Crippen LogP contribution in [0.5, 0.6) is 0 Å². The SMILES string of the molecule is N/C(=N\c1nn[nH]n1)C([N+](=O)[O-])([N+](=O)[O-])[N+](=O)[O-]. The van der Waals surface area contributed by atoms with Crippen molar-refractivity contribution in [2.75, 3.05) is 0 Å². The van der Waals surface area contributed by atoms with Crippen LogP contribution in [0.3, 0.4) is 0 Å². The third-order valence-electron chi connectivity index (χ3n) is 1.66. The van der Waals surface area contributed by atoms with Crippen LogP contribution < -0.4 is 5.73 Å². The molecule has 0 aliphatic rings. The second kappa shape index (κ2) is 4.31. The molecule has 0 saturated heterocycles. The van der Waals surface area contributed by atoms with Gasteiger partial charge in [-0.1, -0.05) is 5.10 Å². The third kappa shape index (κ3) is 1.74. The molecule has 18 heavy (non-hydrogen) atoms. The molecule has 0 radical (unpaired) electrons. The minimum absolute atomic E-state index is 0.623. The predicted octanol–water partition coefficient (Wildman–Crippen LogP) is -2.33. The zero-order chi connectivity index (χ0) is 13.9. The average Bonchev–Trinajstić information content (AvgIpc) is 2.68. The summed E-state index contributed by atoms with van der Waals surface area (Å²) >= 11 is 0. The van der Waals surface area contributed by atoms with Crippen LogP contribution in [-0.4, -0.2) is 47.0 Å². The second-order valence-corrected chi connectivity index (χ2v) is 2.62. The molecule has 1 aromatic heterocycles. The molecule has 0 bridgehead atoms. The van der Waals surface area contributed by atoms with Crippen LogP contribution in [0.15, 0.2) is 4.99 Å². The number of hydrogen-bond donors (Lipinski definition) is 2. The summed E-state index contributed by atoms with van der Waals surface area (Å²) in [5.74, 6) is -6.13. The molecular formula is C3H3N9O6. The molecule has 1 rings (SSSR count). The van der Waals surface area contributed by atoms with Crippen molar-refractivity contribution in [3.63, 3.8) is 0 Å². The summed E-state index contributed by atoms with van der Waals surface area (Å²) in [4.78, 5) is 29.4. The van der Waals surface area contributed by atoms with Crippen molar-refractivity contribution in [1.82, 2.24) is 20.6 Å². The molecule has 0 aliphatic carbocycles. The predicted molar refractivity (Wildman–Crippen MR) is 49.2 cm³/mol. The molecule has 15 heteroatoms. The number of nitrogens with two attached hydrogens (primary N) is 1. The molecule has 0 fully saturated rings. The highest BCUT2D eigenvalue weighted by Gasteiger charge is 2.75. The molecular weight excluding hydrogens is 258 g/mol. The van der Waals surface area contributed by atoms with Gasteiger partial charge in [-0.15, -0.1) is 5.10 Å². The molecule has 0 saturated carbocycles. The quantitative estimate of drug-likeness (QED) is 0.189.